The van der Waals surface area contributed by atoms with Crippen LogP contribution in [0, 0.1) is 23.1 Å². The van der Waals surface area contributed by atoms with E-state index in [-0.39, 0.29) is 12.2 Å². The normalized spacial score (nSPS) is 11.8. The third-order valence-electron chi connectivity index (χ3n) is 3.16. The molecular formula is C15H19FN2O2. The highest BCUT2D eigenvalue weighted by Gasteiger charge is 2.06. The van der Waals surface area contributed by atoms with Crippen LogP contribution in [0.5, 0.6) is 0 Å². The van der Waals surface area contributed by atoms with E-state index in [1.54, 1.807) is 0 Å². The Morgan fingerprint density at radius 1 is 1.50 bits per heavy atom. The minimum absolute atomic E-state index is 0.181. The van der Waals surface area contributed by atoms with E-state index in [4.69, 9.17) is 10.4 Å². The summed E-state index contributed by atoms with van der Waals surface area (Å²) in [5, 5.41) is 20.5. The molecule has 0 bridgehead atoms. The molecule has 0 aliphatic heterocycles. The maximum Gasteiger partial charge on any atom is 0.303 e. The van der Waals surface area contributed by atoms with Gasteiger partial charge in [-0.3, -0.25) is 4.79 Å². The molecule has 1 aromatic carbocycles. The zero-order valence-electron chi connectivity index (χ0n) is 11.5. The summed E-state index contributed by atoms with van der Waals surface area (Å²) in [5.41, 5.74) is 0.917. The lowest BCUT2D eigenvalue weighted by Gasteiger charge is -2.11. The van der Waals surface area contributed by atoms with Crippen molar-refractivity contribution in [3.05, 3.63) is 35.1 Å². The van der Waals surface area contributed by atoms with Crippen molar-refractivity contribution >= 4 is 5.97 Å². The number of aliphatic carboxylic acids is 1. The summed E-state index contributed by atoms with van der Waals surface area (Å²) in [7, 11) is 0. The third kappa shape index (κ3) is 5.81. The molecule has 0 heterocycles. The smallest absolute Gasteiger partial charge is 0.303 e. The van der Waals surface area contributed by atoms with Gasteiger partial charge in [0.15, 0.2) is 0 Å². The fourth-order valence-electron chi connectivity index (χ4n) is 1.87. The van der Waals surface area contributed by atoms with Gasteiger partial charge in [0.1, 0.15) is 5.82 Å². The fraction of sp³-hybridized carbons (Fsp3) is 0.467. The van der Waals surface area contributed by atoms with Gasteiger partial charge in [0, 0.05) is 18.5 Å². The number of hydrogen-bond acceptors (Lipinski definition) is 3. The monoisotopic (exact) mass is 278 g/mol. The molecule has 1 atom stereocenters. The lowest BCUT2D eigenvalue weighted by atomic mass is 10.0. The van der Waals surface area contributed by atoms with Crippen LogP contribution in [0.15, 0.2) is 18.2 Å². The Morgan fingerprint density at radius 2 is 2.25 bits per heavy atom. The quantitative estimate of drug-likeness (QED) is 0.717. The van der Waals surface area contributed by atoms with Crippen LogP contribution in [0.4, 0.5) is 4.39 Å². The molecule has 0 aliphatic rings. The summed E-state index contributed by atoms with van der Waals surface area (Å²) in [5.74, 6) is -0.787. The van der Waals surface area contributed by atoms with Gasteiger partial charge in [-0.25, -0.2) is 4.39 Å². The first-order valence-electron chi connectivity index (χ1n) is 6.64. The second-order valence-corrected chi connectivity index (χ2v) is 4.92. The van der Waals surface area contributed by atoms with Crippen LogP contribution in [-0.2, 0) is 11.3 Å². The van der Waals surface area contributed by atoms with Crippen molar-refractivity contribution < 1.29 is 14.3 Å². The highest BCUT2D eigenvalue weighted by atomic mass is 19.1. The second kappa shape index (κ2) is 8.28. The fourth-order valence-corrected chi connectivity index (χ4v) is 1.87. The second-order valence-electron chi connectivity index (χ2n) is 4.92. The summed E-state index contributed by atoms with van der Waals surface area (Å²) in [6.07, 6.45) is 1.67. The van der Waals surface area contributed by atoms with Gasteiger partial charge in [-0.05, 0) is 43.5 Å². The van der Waals surface area contributed by atoms with Gasteiger partial charge in [0.25, 0.3) is 0 Å². The molecule has 108 valence electrons. The van der Waals surface area contributed by atoms with Gasteiger partial charge in [0.2, 0.25) is 0 Å². The maximum absolute atomic E-state index is 13.5. The molecule has 1 aromatic rings. The number of halogens is 1. The van der Waals surface area contributed by atoms with Crippen molar-refractivity contribution in [2.75, 3.05) is 6.54 Å². The van der Waals surface area contributed by atoms with Gasteiger partial charge in [0.05, 0.1) is 11.6 Å². The zero-order chi connectivity index (χ0) is 15.0. The highest BCUT2D eigenvalue weighted by molar-refractivity contribution is 5.66. The van der Waals surface area contributed by atoms with Crippen LogP contribution in [0.25, 0.3) is 0 Å². The number of rotatable bonds is 8. The summed E-state index contributed by atoms with van der Waals surface area (Å²) in [4.78, 5) is 10.4. The molecule has 0 spiro atoms. The number of benzene rings is 1. The van der Waals surface area contributed by atoms with E-state index < -0.39 is 5.97 Å². The number of carboxylic acid groups (broad SMARTS) is 1. The van der Waals surface area contributed by atoms with Crippen molar-refractivity contribution in [3.63, 3.8) is 0 Å². The molecule has 5 heteroatoms. The van der Waals surface area contributed by atoms with Crippen LogP contribution in [-0.4, -0.2) is 17.6 Å². The first kappa shape index (κ1) is 16.1. The standard InChI is InChI=1S/C15H19FN2O2/c1-11(2-5-15(19)20)6-7-18-10-13-8-12(9-17)3-4-14(13)16/h3-4,8,11,18H,2,5-7,10H2,1H3,(H,19,20). The van der Waals surface area contributed by atoms with Crippen LogP contribution >= 0.6 is 0 Å². The third-order valence-corrected chi connectivity index (χ3v) is 3.16. The minimum atomic E-state index is -0.778. The molecule has 0 saturated heterocycles. The van der Waals surface area contributed by atoms with Gasteiger partial charge in [-0.1, -0.05) is 6.92 Å². The number of nitriles is 1. The molecule has 0 amide bonds. The first-order valence-corrected chi connectivity index (χ1v) is 6.64. The Labute approximate surface area is 118 Å². The largest absolute Gasteiger partial charge is 0.481 e. The molecule has 0 aromatic heterocycles. The van der Waals surface area contributed by atoms with E-state index >= 15 is 0 Å². The van der Waals surface area contributed by atoms with Gasteiger partial charge < -0.3 is 10.4 Å². The molecule has 0 saturated carbocycles. The molecule has 0 fully saturated rings. The van der Waals surface area contributed by atoms with E-state index in [0.717, 1.165) is 6.42 Å². The van der Waals surface area contributed by atoms with Crippen molar-refractivity contribution in [1.29, 1.82) is 5.26 Å². The number of hydrogen-bond donors (Lipinski definition) is 2. The molecule has 0 radical (unpaired) electrons. The maximum atomic E-state index is 13.5. The average Bonchev–Trinajstić information content (AvgIpc) is 2.43. The SMILES string of the molecule is CC(CCNCc1cc(C#N)ccc1F)CCC(=O)O. The van der Waals surface area contributed by atoms with Crippen LogP contribution in [0.1, 0.15) is 37.3 Å². The summed E-state index contributed by atoms with van der Waals surface area (Å²) >= 11 is 0. The number of carbonyl (C=O) groups is 1. The molecular weight excluding hydrogens is 259 g/mol. The molecule has 1 unspecified atom stereocenters. The lowest BCUT2D eigenvalue weighted by molar-refractivity contribution is -0.137. The molecule has 1 rings (SSSR count). The Balaban J connectivity index is 2.31. The van der Waals surface area contributed by atoms with E-state index in [9.17, 15) is 9.18 Å². The Bertz CT molecular complexity index is 497. The lowest BCUT2D eigenvalue weighted by Crippen LogP contribution is -2.18. The number of carboxylic acids is 1. The van der Waals surface area contributed by atoms with Crippen LogP contribution < -0.4 is 5.32 Å². The topological polar surface area (TPSA) is 73.1 Å². The number of nitrogens with zero attached hydrogens (tertiary/aromatic N) is 1. The summed E-state index contributed by atoms with van der Waals surface area (Å²) in [6.45, 7) is 3.06. The molecule has 20 heavy (non-hydrogen) atoms. The van der Waals surface area contributed by atoms with E-state index in [0.29, 0.717) is 36.6 Å². The molecule has 0 aliphatic carbocycles. The Kier molecular flexibility index (Phi) is 6.68. The van der Waals surface area contributed by atoms with Crippen molar-refractivity contribution in [1.82, 2.24) is 5.32 Å². The van der Waals surface area contributed by atoms with E-state index in [1.807, 2.05) is 13.0 Å². The average molecular weight is 278 g/mol. The first-order chi connectivity index (χ1) is 9.52. The zero-order valence-corrected chi connectivity index (χ0v) is 11.5. The predicted octanol–water partition coefficient (Wildman–Crippen LogP) is 2.68. The van der Waals surface area contributed by atoms with Gasteiger partial charge in [-0.2, -0.15) is 5.26 Å². The van der Waals surface area contributed by atoms with E-state index in [1.165, 1.54) is 18.2 Å². The van der Waals surface area contributed by atoms with Gasteiger partial charge in [-0.15, -0.1) is 0 Å². The van der Waals surface area contributed by atoms with E-state index in [2.05, 4.69) is 5.32 Å². The van der Waals surface area contributed by atoms with Crippen LogP contribution in [0.3, 0.4) is 0 Å². The molecule has 2 N–H and O–H groups in total. The minimum Gasteiger partial charge on any atom is -0.481 e. The van der Waals surface area contributed by atoms with Crippen molar-refractivity contribution in [3.8, 4) is 6.07 Å². The van der Waals surface area contributed by atoms with Crippen LogP contribution in [0.2, 0.25) is 0 Å². The highest BCUT2D eigenvalue weighted by Crippen LogP contribution is 2.11. The Morgan fingerprint density at radius 3 is 2.90 bits per heavy atom. The summed E-state index contributed by atoms with van der Waals surface area (Å²) in [6, 6.07) is 6.27. The van der Waals surface area contributed by atoms with Gasteiger partial charge >= 0.3 is 5.97 Å². The predicted molar refractivity (Wildman–Crippen MR) is 73.5 cm³/mol. The number of nitrogens with one attached hydrogen (secondary N) is 1. The summed E-state index contributed by atoms with van der Waals surface area (Å²) < 4.78 is 13.5. The van der Waals surface area contributed by atoms with Crippen molar-refractivity contribution in [2.45, 2.75) is 32.7 Å². The molecule has 4 nitrogen and oxygen atoms in total. The Hall–Kier alpha value is -1.93. The van der Waals surface area contributed by atoms with Crippen molar-refractivity contribution in [2.24, 2.45) is 5.92 Å².